The van der Waals surface area contributed by atoms with E-state index in [2.05, 4.69) is 28.2 Å². The summed E-state index contributed by atoms with van der Waals surface area (Å²) >= 11 is 3.36. The molecule has 0 heterocycles. The van der Waals surface area contributed by atoms with Gasteiger partial charge in [0.2, 0.25) is 0 Å². The smallest absolute Gasteiger partial charge is 0.413 e. The molecule has 0 aromatic heterocycles. The summed E-state index contributed by atoms with van der Waals surface area (Å²) in [5, 5.41) is 2.60. The molecular formula is C33H40BrNO6. The molecule has 8 heteroatoms. The molecule has 0 bridgehead atoms. The summed E-state index contributed by atoms with van der Waals surface area (Å²) in [5.41, 5.74) is 2.07. The first kappa shape index (κ1) is 33.6. The predicted octanol–water partition coefficient (Wildman–Crippen LogP) is 7.07. The molecule has 220 valence electrons. The first-order valence-electron chi connectivity index (χ1n) is 14.0. The summed E-state index contributed by atoms with van der Waals surface area (Å²) in [6, 6.07) is 27.3. The number of hydrogen-bond acceptors (Lipinski definition) is 6. The molecule has 2 unspecified atom stereocenters. The molecule has 1 N–H and O–H groups in total. The summed E-state index contributed by atoms with van der Waals surface area (Å²) in [5.74, 6) is -0.211. The zero-order valence-corrected chi connectivity index (χ0v) is 25.4. The van der Waals surface area contributed by atoms with E-state index in [1.165, 1.54) is 0 Å². The summed E-state index contributed by atoms with van der Waals surface area (Å²) in [4.78, 5) is 35.7. The van der Waals surface area contributed by atoms with Crippen molar-refractivity contribution in [2.45, 2.75) is 63.2 Å². The van der Waals surface area contributed by atoms with Crippen LogP contribution in [0.5, 0.6) is 5.75 Å². The Kier molecular flexibility index (Phi) is 16.6. The van der Waals surface area contributed by atoms with Gasteiger partial charge in [-0.05, 0) is 42.5 Å². The summed E-state index contributed by atoms with van der Waals surface area (Å²) < 4.78 is 15.6. The molecule has 0 spiro atoms. The van der Waals surface area contributed by atoms with E-state index in [-0.39, 0.29) is 10.8 Å². The number of rotatable bonds is 14. The van der Waals surface area contributed by atoms with Crippen molar-refractivity contribution < 1.29 is 28.6 Å². The fourth-order valence-corrected chi connectivity index (χ4v) is 4.05. The third-order valence-electron chi connectivity index (χ3n) is 5.81. The molecule has 3 aromatic carbocycles. The van der Waals surface area contributed by atoms with Gasteiger partial charge in [0.05, 0.1) is 13.2 Å². The fraction of sp³-hybridized carbons (Fsp3) is 0.364. The van der Waals surface area contributed by atoms with Crippen molar-refractivity contribution in [1.82, 2.24) is 5.32 Å². The number of carbonyl (C=O) groups excluding carboxylic acids is 3. The van der Waals surface area contributed by atoms with Crippen LogP contribution in [0.1, 0.15) is 50.7 Å². The SMILES string of the molecule is CCCCOC(=O)C(Br)Cc1ccccc1.CCCCOC(=O)C(Cc1ccccc1)NC(=O)Oc1ccccc1. The van der Waals surface area contributed by atoms with Gasteiger partial charge in [0.15, 0.2) is 0 Å². The number of unbranched alkanes of at least 4 members (excludes halogenated alkanes) is 2. The Labute approximate surface area is 251 Å². The van der Waals surface area contributed by atoms with Gasteiger partial charge in [-0.15, -0.1) is 0 Å². The quantitative estimate of drug-likeness (QED) is 0.117. The Morgan fingerprint density at radius 1 is 0.683 bits per heavy atom. The van der Waals surface area contributed by atoms with Crippen LogP contribution in [0.3, 0.4) is 0 Å². The van der Waals surface area contributed by atoms with E-state index < -0.39 is 18.1 Å². The number of ether oxygens (including phenoxy) is 3. The number of amides is 1. The van der Waals surface area contributed by atoms with E-state index in [0.29, 0.717) is 31.8 Å². The molecule has 0 radical (unpaired) electrons. The molecule has 0 saturated carbocycles. The second-order valence-electron chi connectivity index (χ2n) is 9.29. The van der Waals surface area contributed by atoms with Crippen molar-refractivity contribution in [3.63, 3.8) is 0 Å². The molecular weight excluding hydrogens is 586 g/mol. The Morgan fingerprint density at radius 3 is 1.66 bits per heavy atom. The zero-order valence-electron chi connectivity index (χ0n) is 23.8. The first-order chi connectivity index (χ1) is 19.9. The number of carbonyl (C=O) groups is 3. The molecule has 7 nitrogen and oxygen atoms in total. The van der Waals surface area contributed by atoms with Gasteiger partial charge < -0.3 is 19.5 Å². The van der Waals surface area contributed by atoms with Crippen molar-refractivity contribution in [3.05, 3.63) is 102 Å². The lowest BCUT2D eigenvalue weighted by Gasteiger charge is -2.17. The number of hydrogen-bond donors (Lipinski definition) is 1. The minimum Gasteiger partial charge on any atom is -0.465 e. The Morgan fingerprint density at radius 2 is 1.15 bits per heavy atom. The van der Waals surface area contributed by atoms with Crippen LogP contribution in [0.2, 0.25) is 0 Å². The molecule has 0 fully saturated rings. The Bertz CT molecular complexity index is 1140. The van der Waals surface area contributed by atoms with E-state index in [9.17, 15) is 14.4 Å². The van der Waals surface area contributed by atoms with E-state index in [0.717, 1.165) is 36.8 Å². The highest BCUT2D eigenvalue weighted by atomic mass is 79.9. The number of para-hydroxylation sites is 1. The normalized spacial score (nSPS) is 11.7. The minimum atomic E-state index is -0.796. The second-order valence-corrected chi connectivity index (χ2v) is 10.4. The number of nitrogens with one attached hydrogen (secondary N) is 1. The average molecular weight is 627 g/mol. The van der Waals surface area contributed by atoms with Crippen molar-refractivity contribution in [2.75, 3.05) is 13.2 Å². The molecule has 3 aromatic rings. The monoisotopic (exact) mass is 625 g/mol. The lowest BCUT2D eigenvalue weighted by Crippen LogP contribution is -2.44. The van der Waals surface area contributed by atoms with Crippen LogP contribution in [-0.2, 0) is 31.9 Å². The summed E-state index contributed by atoms with van der Waals surface area (Å²) in [7, 11) is 0. The van der Waals surface area contributed by atoms with E-state index in [1.807, 2.05) is 73.7 Å². The van der Waals surface area contributed by atoms with Crippen molar-refractivity contribution in [3.8, 4) is 5.75 Å². The summed E-state index contributed by atoms with van der Waals surface area (Å²) in [6.07, 6.45) is 4.02. The summed E-state index contributed by atoms with van der Waals surface area (Å²) in [6.45, 7) is 4.95. The van der Waals surface area contributed by atoms with Crippen LogP contribution in [0.4, 0.5) is 4.79 Å². The molecule has 0 aliphatic rings. The topological polar surface area (TPSA) is 90.9 Å². The maximum atomic E-state index is 12.3. The highest BCUT2D eigenvalue weighted by Crippen LogP contribution is 2.12. The molecule has 41 heavy (non-hydrogen) atoms. The van der Waals surface area contributed by atoms with Crippen LogP contribution in [-0.4, -0.2) is 42.1 Å². The lowest BCUT2D eigenvalue weighted by atomic mass is 10.1. The van der Waals surface area contributed by atoms with Gasteiger partial charge in [0.25, 0.3) is 0 Å². The lowest BCUT2D eigenvalue weighted by molar-refractivity contribution is -0.146. The fourth-order valence-electron chi connectivity index (χ4n) is 3.54. The van der Waals surface area contributed by atoms with Gasteiger partial charge in [-0.25, -0.2) is 9.59 Å². The number of halogens is 1. The minimum absolute atomic E-state index is 0.169. The zero-order chi connectivity index (χ0) is 29.7. The number of esters is 2. The molecule has 0 aliphatic heterocycles. The Balaban J connectivity index is 0.000000317. The van der Waals surface area contributed by atoms with E-state index >= 15 is 0 Å². The molecule has 0 saturated heterocycles. The van der Waals surface area contributed by atoms with Gasteiger partial charge >= 0.3 is 18.0 Å². The van der Waals surface area contributed by atoms with Gasteiger partial charge in [-0.3, -0.25) is 4.79 Å². The molecule has 0 aliphatic carbocycles. The van der Waals surface area contributed by atoms with Gasteiger partial charge in [-0.1, -0.05) is 121 Å². The van der Waals surface area contributed by atoms with Gasteiger partial charge in [-0.2, -0.15) is 0 Å². The highest BCUT2D eigenvalue weighted by molar-refractivity contribution is 9.10. The first-order valence-corrected chi connectivity index (χ1v) is 14.9. The van der Waals surface area contributed by atoms with Crippen LogP contribution in [0, 0.1) is 0 Å². The third-order valence-corrected chi connectivity index (χ3v) is 6.51. The van der Waals surface area contributed by atoms with Crippen molar-refractivity contribution in [1.29, 1.82) is 0 Å². The molecule has 3 rings (SSSR count). The van der Waals surface area contributed by atoms with Crippen LogP contribution < -0.4 is 10.1 Å². The van der Waals surface area contributed by atoms with Crippen LogP contribution >= 0.6 is 15.9 Å². The standard InChI is InChI=1S/C20H23NO4.C13H17BrO2/c1-2-3-14-24-19(22)18(15-16-10-6-4-7-11-16)21-20(23)25-17-12-8-5-9-13-17;1-2-3-9-16-13(15)12(14)10-11-7-5-4-6-8-11/h4-13,18H,2-3,14-15H2,1H3,(H,21,23);4-8,12H,2-3,9-10H2,1H3. The maximum Gasteiger partial charge on any atom is 0.413 e. The molecule has 1 amide bonds. The van der Waals surface area contributed by atoms with Crippen LogP contribution in [0.25, 0.3) is 0 Å². The third kappa shape index (κ3) is 14.5. The molecule has 2 atom stereocenters. The van der Waals surface area contributed by atoms with Gasteiger partial charge in [0, 0.05) is 6.42 Å². The predicted molar refractivity (Wildman–Crippen MR) is 164 cm³/mol. The van der Waals surface area contributed by atoms with E-state index in [4.69, 9.17) is 14.2 Å². The number of alkyl halides is 1. The number of benzene rings is 3. The average Bonchev–Trinajstić information content (AvgIpc) is 2.99. The van der Waals surface area contributed by atoms with Crippen molar-refractivity contribution >= 4 is 34.0 Å². The van der Waals surface area contributed by atoms with E-state index in [1.54, 1.807) is 24.3 Å². The van der Waals surface area contributed by atoms with Crippen LogP contribution in [0.15, 0.2) is 91.0 Å². The second kappa shape index (κ2) is 20.3. The maximum absolute atomic E-state index is 12.3. The van der Waals surface area contributed by atoms with Gasteiger partial charge in [0.1, 0.15) is 16.6 Å². The van der Waals surface area contributed by atoms with Crippen molar-refractivity contribution in [2.24, 2.45) is 0 Å². The largest absolute Gasteiger partial charge is 0.465 e. The Hall–Kier alpha value is -3.65. The highest BCUT2D eigenvalue weighted by Gasteiger charge is 2.23.